The highest BCUT2D eigenvalue weighted by Crippen LogP contribution is 2.48. The van der Waals surface area contributed by atoms with Crippen LogP contribution in [0.25, 0.3) is 21.9 Å². The van der Waals surface area contributed by atoms with E-state index in [0.717, 1.165) is 11.1 Å². The Morgan fingerprint density at radius 1 is 0.613 bits per heavy atom. The van der Waals surface area contributed by atoms with Crippen molar-refractivity contribution in [3.63, 3.8) is 0 Å². The van der Waals surface area contributed by atoms with Crippen molar-refractivity contribution in [3.05, 3.63) is 96.1 Å². The second-order valence-corrected chi connectivity index (χ2v) is 11.1. The molecule has 1 aliphatic heterocycles. The van der Waals surface area contributed by atoms with Gasteiger partial charge in [-0.1, -0.05) is 72.8 Å². The zero-order chi connectivity index (χ0) is 21.4. The van der Waals surface area contributed by atoms with Gasteiger partial charge in [0.15, 0.2) is 0 Å². The van der Waals surface area contributed by atoms with E-state index >= 15 is 0 Å². The van der Waals surface area contributed by atoms with Crippen LogP contribution in [-0.4, -0.2) is 20.7 Å². The first-order chi connectivity index (χ1) is 14.9. The Morgan fingerprint density at radius 2 is 1.10 bits per heavy atom. The van der Waals surface area contributed by atoms with E-state index in [1.807, 2.05) is 48.5 Å². The average molecular weight is 450 g/mol. The molecule has 6 rings (SSSR count). The third-order valence-corrected chi connectivity index (χ3v) is 9.67. The minimum atomic E-state index is -4.47. The number of hydrogen-bond acceptors (Lipinski definition) is 5. The quantitative estimate of drug-likeness (QED) is 0.457. The summed E-state index contributed by atoms with van der Waals surface area (Å²) >= 11 is 0. The zero-order valence-electron chi connectivity index (χ0n) is 16.0. The fraction of sp³-hybridized carbons (Fsp3) is 0.0435. The molecule has 8 heteroatoms. The van der Waals surface area contributed by atoms with Gasteiger partial charge in [-0.05, 0) is 39.8 Å². The highest BCUT2D eigenvalue weighted by Gasteiger charge is 2.47. The van der Waals surface area contributed by atoms with Gasteiger partial charge in [-0.3, -0.25) is 4.84 Å². The van der Waals surface area contributed by atoms with Crippen LogP contribution in [0.15, 0.2) is 94.7 Å². The molecule has 0 N–H and O–H groups in total. The van der Waals surface area contributed by atoms with Crippen molar-refractivity contribution in [2.24, 2.45) is 0 Å². The second-order valence-electron chi connectivity index (χ2n) is 7.44. The highest BCUT2D eigenvalue weighted by molar-refractivity contribution is 8.04. The zero-order valence-corrected chi connectivity index (χ0v) is 17.6. The minimum absolute atomic E-state index is 0.0880. The van der Waals surface area contributed by atoms with Crippen LogP contribution < -0.4 is 0 Å². The molecule has 1 heterocycles. The monoisotopic (exact) mass is 449 g/mol. The van der Waals surface area contributed by atoms with Crippen molar-refractivity contribution in [2.45, 2.75) is 15.9 Å². The summed E-state index contributed by atoms with van der Waals surface area (Å²) in [6.07, 6.45) is -0.874. The number of sulfonamides is 2. The maximum atomic E-state index is 13.4. The first-order valence-electron chi connectivity index (χ1n) is 9.58. The Labute approximate surface area is 179 Å². The van der Waals surface area contributed by atoms with Crippen molar-refractivity contribution in [2.75, 3.05) is 0 Å². The molecular weight excluding hydrogens is 434 g/mol. The van der Waals surface area contributed by atoms with Crippen molar-refractivity contribution >= 4 is 30.8 Å². The molecule has 0 fully saturated rings. The van der Waals surface area contributed by atoms with Gasteiger partial charge in [0.25, 0.3) is 20.0 Å². The van der Waals surface area contributed by atoms with Gasteiger partial charge in [0.2, 0.25) is 0 Å². The number of hydrogen-bond donors (Lipinski definition) is 0. The third kappa shape index (κ3) is 2.44. The maximum Gasteiger partial charge on any atom is 0.280 e. The minimum Gasteiger partial charge on any atom is -0.257 e. The molecule has 0 unspecified atom stereocenters. The first-order valence-corrected chi connectivity index (χ1v) is 12.5. The van der Waals surface area contributed by atoms with E-state index < -0.39 is 26.2 Å². The molecule has 0 saturated heterocycles. The molecule has 31 heavy (non-hydrogen) atoms. The lowest BCUT2D eigenvalue weighted by molar-refractivity contribution is -0.0558. The molecule has 4 aromatic rings. The summed E-state index contributed by atoms with van der Waals surface area (Å²) in [5.74, 6) is 0. The first kappa shape index (κ1) is 18.7. The summed E-state index contributed by atoms with van der Waals surface area (Å²) in [6, 6.07) is 24.2. The average Bonchev–Trinajstić information content (AvgIpc) is 3.09. The van der Waals surface area contributed by atoms with E-state index in [1.165, 1.54) is 12.1 Å². The molecule has 0 spiro atoms. The van der Waals surface area contributed by atoms with E-state index in [1.54, 1.807) is 24.3 Å². The summed E-state index contributed by atoms with van der Waals surface area (Å²) in [5.41, 5.74) is 3.20. The van der Waals surface area contributed by atoms with Gasteiger partial charge in [0.05, 0.1) is 9.79 Å². The second kappa shape index (κ2) is 6.24. The van der Waals surface area contributed by atoms with E-state index in [-0.39, 0.29) is 19.1 Å². The van der Waals surface area contributed by atoms with Gasteiger partial charge < -0.3 is 0 Å². The summed E-state index contributed by atoms with van der Waals surface area (Å²) in [4.78, 5) is 5.71. The molecule has 0 atom stereocenters. The third-order valence-electron chi connectivity index (χ3n) is 5.74. The van der Waals surface area contributed by atoms with Crippen LogP contribution in [0.5, 0.6) is 0 Å². The molecule has 0 amide bonds. The Kier molecular flexibility index (Phi) is 3.77. The normalized spacial score (nSPS) is 18.6. The predicted molar refractivity (Wildman–Crippen MR) is 115 cm³/mol. The molecular formula is C23H15NO5S2. The SMILES string of the molecule is O=S1(=O)c2cccc3cccc(c23)S(=O)(=O)N1OC1c2ccccc2-c2ccccc21. The predicted octanol–water partition coefficient (Wildman–Crippen LogP) is 4.23. The Morgan fingerprint density at radius 3 is 1.61 bits per heavy atom. The van der Waals surface area contributed by atoms with E-state index in [9.17, 15) is 16.8 Å². The molecule has 0 radical (unpaired) electrons. The lowest BCUT2D eigenvalue weighted by Gasteiger charge is -2.29. The van der Waals surface area contributed by atoms with Crippen LogP contribution in [0.2, 0.25) is 0 Å². The van der Waals surface area contributed by atoms with E-state index in [0.29, 0.717) is 16.5 Å². The van der Waals surface area contributed by atoms with E-state index in [4.69, 9.17) is 4.84 Å². The van der Waals surface area contributed by atoms with Gasteiger partial charge in [-0.25, -0.2) is 16.8 Å². The fourth-order valence-corrected chi connectivity index (χ4v) is 8.19. The fourth-order valence-electron chi connectivity index (χ4n) is 4.42. The number of fused-ring (bicyclic) bond motifs is 3. The van der Waals surface area contributed by atoms with Crippen LogP contribution >= 0.6 is 0 Å². The Bertz CT molecular complexity index is 1500. The summed E-state index contributed by atoms with van der Waals surface area (Å²) in [6.45, 7) is 0. The molecule has 154 valence electrons. The summed E-state index contributed by atoms with van der Waals surface area (Å²) in [7, 11) is -8.93. The molecule has 2 aliphatic rings. The standard InChI is InChI=1S/C23H15NO5S2/c25-30(26)20-13-5-7-15-8-6-14-21(22(15)20)31(27,28)24(30)29-23-18-11-3-1-9-16(18)17-10-2-4-12-19(17)23/h1-14,23H. The topological polar surface area (TPSA) is 80.8 Å². The van der Waals surface area contributed by atoms with Crippen LogP contribution in [0.3, 0.4) is 0 Å². The smallest absolute Gasteiger partial charge is 0.257 e. The van der Waals surface area contributed by atoms with Crippen molar-refractivity contribution < 1.29 is 21.7 Å². The largest absolute Gasteiger partial charge is 0.280 e. The van der Waals surface area contributed by atoms with Crippen LogP contribution in [0.4, 0.5) is 0 Å². The molecule has 4 aromatic carbocycles. The summed E-state index contributed by atoms with van der Waals surface area (Å²) in [5, 5.41) is 0.732. The van der Waals surface area contributed by atoms with Crippen LogP contribution in [0.1, 0.15) is 17.2 Å². The molecule has 0 bridgehead atoms. The Balaban J connectivity index is 1.57. The van der Waals surface area contributed by atoms with Crippen LogP contribution in [0, 0.1) is 0 Å². The van der Waals surface area contributed by atoms with Gasteiger partial charge in [-0.15, -0.1) is 0 Å². The molecule has 0 saturated carbocycles. The number of rotatable bonds is 2. The lowest BCUT2D eigenvalue weighted by Crippen LogP contribution is -2.40. The van der Waals surface area contributed by atoms with Crippen molar-refractivity contribution in [1.29, 1.82) is 0 Å². The number of nitrogens with zero attached hydrogens (tertiary/aromatic N) is 1. The Hall–Kier alpha value is -3.04. The van der Waals surface area contributed by atoms with Crippen molar-refractivity contribution in [1.82, 2.24) is 3.87 Å². The number of benzene rings is 4. The highest BCUT2D eigenvalue weighted by atomic mass is 32.3. The van der Waals surface area contributed by atoms with Gasteiger partial charge in [0.1, 0.15) is 6.10 Å². The lowest BCUT2D eigenvalue weighted by atomic mass is 10.1. The maximum absolute atomic E-state index is 13.4. The van der Waals surface area contributed by atoms with Gasteiger partial charge in [-0.2, -0.15) is 0 Å². The molecule has 0 aromatic heterocycles. The van der Waals surface area contributed by atoms with Gasteiger partial charge >= 0.3 is 0 Å². The van der Waals surface area contributed by atoms with E-state index in [2.05, 4.69) is 0 Å². The summed E-state index contributed by atoms with van der Waals surface area (Å²) < 4.78 is 54.0. The molecule has 6 nitrogen and oxygen atoms in total. The van der Waals surface area contributed by atoms with Gasteiger partial charge in [0, 0.05) is 9.26 Å². The van der Waals surface area contributed by atoms with Crippen LogP contribution in [-0.2, 0) is 24.9 Å². The molecule has 1 aliphatic carbocycles. The van der Waals surface area contributed by atoms with Crippen molar-refractivity contribution in [3.8, 4) is 11.1 Å².